The molecule has 0 bridgehead atoms. The molecule has 0 amide bonds. The van der Waals surface area contributed by atoms with E-state index in [1.54, 1.807) is 6.20 Å². The highest BCUT2D eigenvalue weighted by atomic mass is 79.9. The van der Waals surface area contributed by atoms with Gasteiger partial charge in [-0.25, -0.2) is 4.98 Å². The number of hydrogen-bond donors (Lipinski definition) is 1. The Morgan fingerprint density at radius 3 is 2.76 bits per heavy atom. The number of pyridine rings is 1. The number of fused-ring (bicyclic) bond motifs is 1. The van der Waals surface area contributed by atoms with Crippen molar-refractivity contribution in [1.82, 2.24) is 9.38 Å². The van der Waals surface area contributed by atoms with E-state index in [-0.39, 0.29) is 0 Å². The van der Waals surface area contributed by atoms with Crippen LogP contribution in [0.1, 0.15) is 0 Å². The normalized spacial score (nSPS) is 10.9. The molecule has 0 radical (unpaired) electrons. The van der Waals surface area contributed by atoms with Crippen molar-refractivity contribution in [3.63, 3.8) is 0 Å². The second-order valence-electron chi connectivity index (χ2n) is 3.78. The van der Waals surface area contributed by atoms with Gasteiger partial charge < -0.3 is 5.73 Å². The summed E-state index contributed by atoms with van der Waals surface area (Å²) in [4.78, 5) is 4.44. The minimum absolute atomic E-state index is 0.735. The standard InChI is InChI=1S/C13H10BrN3/c14-10-5-2-1-4-9(10)13-16-8-12-11(15)6-3-7-17(12)13/h1-8H,15H2. The molecule has 2 N–H and O–H groups in total. The second kappa shape index (κ2) is 3.89. The highest BCUT2D eigenvalue weighted by Gasteiger charge is 2.09. The number of halogens is 1. The smallest absolute Gasteiger partial charge is 0.145 e. The van der Waals surface area contributed by atoms with Crippen LogP contribution in [0.5, 0.6) is 0 Å². The van der Waals surface area contributed by atoms with Crippen LogP contribution in [0.2, 0.25) is 0 Å². The van der Waals surface area contributed by atoms with E-state index < -0.39 is 0 Å². The lowest BCUT2D eigenvalue weighted by molar-refractivity contribution is 1.16. The molecule has 84 valence electrons. The van der Waals surface area contributed by atoms with Crippen molar-refractivity contribution in [1.29, 1.82) is 0 Å². The van der Waals surface area contributed by atoms with E-state index in [2.05, 4.69) is 20.9 Å². The molecule has 0 aliphatic rings. The molecule has 0 aliphatic heterocycles. The number of hydrogen-bond acceptors (Lipinski definition) is 2. The second-order valence-corrected chi connectivity index (χ2v) is 4.63. The zero-order valence-electron chi connectivity index (χ0n) is 8.97. The lowest BCUT2D eigenvalue weighted by atomic mass is 10.2. The Morgan fingerprint density at radius 1 is 1.12 bits per heavy atom. The molecule has 2 aromatic heterocycles. The van der Waals surface area contributed by atoms with E-state index in [9.17, 15) is 0 Å². The number of rotatable bonds is 1. The number of imidazole rings is 1. The molecule has 3 aromatic rings. The third-order valence-electron chi connectivity index (χ3n) is 2.72. The Hall–Kier alpha value is -1.81. The lowest BCUT2D eigenvalue weighted by Gasteiger charge is -2.04. The average Bonchev–Trinajstić information content (AvgIpc) is 2.75. The average molecular weight is 288 g/mol. The maximum atomic E-state index is 5.91. The Kier molecular flexibility index (Phi) is 2.37. The lowest BCUT2D eigenvalue weighted by Crippen LogP contribution is -1.93. The first-order chi connectivity index (χ1) is 8.27. The summed E-state index contributed by atoms with van der Waals surface area (Å²) >= 11 is 3.54. The van der Waals surface area contributed by atoms with Gasteiger partial charge in [-0.15, -0.1) is 0 Å². The van der Waals surface area contributed by atoms with Crippen LogP contribution < -0.4 is 5.73 Å². The molecule has 0 saturated carbocycles. The largest absolute Gasteiger partial charge is 0.397 e. The van der Waals surface area contributed by atoms with Crippen molar-refractivity contribution >= 4 is 27.1 Å². The highest BCUT2D eigenvalue weighted by molar-refractivity contribution is 9.10. The van der Waals surface area contributed by atoms with Gasteiger partial charge in [-0.3, -0.25) is 4.40 Å². The number of benzene rings is 1. The van der Waals surface area contributed by atoms with Crippen molar-refractivity contribution in [2.24, 2.45) is 0 Å². The topological polar surface area (TPSA) is 43.3 Å². The van der Waals surface area contributed by atoms with E-state index in [4.69, 9.17) is 5.73 Å². The zero-order valence-corrected chi connectivity index (χ0v) is 10.6. The van der Waals surface area contributed by atoms with Crippen molar-refractivity contribution in [2.75, 3.05) is 5.73 Å². The SMILES string of the molecule is Nc1cccn2c(-c3ccccc3Br)ncc12. The van der Waals surface area contributed by atoms with Crippen LogP contribution in [-0.4, -0.2) is 9.38 Å². The molecule has 2 heterocycles. The van der Waals surface area contributed by atoms with Gasteiger partial charge in [-0.05, 0) is 18.2 Å². The van der Waals surface area contributed by atoms with Gasteiger partial charge in [-0.2, -0.15) is 0 Å². The first-order valence-corrected chi connectivity index (χ1v) is 6.03. The number of nitrogens with zero attached hydrogens (tertiary/aromatic N) is 2. The van der Waals surface area contributed by atoms with Gasteiger partial charge in [0.2, 0.25) is 0 Å². The molecule has 0 atom stereocenters. The predicted molar refractivity (Wildman–Crippen MR) is 72.7 cm³/mol. The highest BCUT2D eigenvalue weighted by Crippen LogP contribution is 2.28. The molecule has 4 heteroatoms. The van der Waals surface area contributed by atoms with Crippen molar-refractivity contribution in [2.45, 2.75) is 0 Å². The first kappa shape index (κ1) is 10.4. The molecule has 0 aliphatic carbocycles. The summed E-state index contributed by atoms with van der Waals surface area (Å²) in [5.41, 5.74) is 8.63. The molecule has 0 saturated heterocycles. The number of nitrogen functional groups attached to an aromatic ring is 1. The van der Waals surface area contributed by atoms with Gasteiger partial charge in [0.25, 0.3) is 0 Å². The fourth-order valence-corrected chi connectivity index (χ4v) is 2.35. The van der Waals surface area contributed by atoms with Crippen molar-refractivity contribution in [3.05, 3.63) is 53.3 Å². The summed E-state index contributed by atoms with van der Waals surface area (Å²) in [6.07, 6.45) is 3.76. The van der Waals surface area contributed by atoms with Crippen LogP contribution >= 0.6 is 15.9 Å². The third-order valence-corrected chi connectivity index (χ3v) is 3.41. The van der Waals surface area contributed by atoms with Gasteiger partial charge in [0.1, 0.15) is 5.82 Å². The van der Waals surface area contributed by atoms with E-state index in [0.29, 0.717) is 0 Å². The monoisotopic (exact) mass is 287 g/mol. The van der Waals surface area contributed by atoms with Crippen LogP contribution in [-0.2, 0) is 0 Å². The van der Waals surface area contributed by atoms with E-state index in [0.717, 1.165) is 27.1 Å². The van der Waals surface area contributed by atoms with Crippen LogP contribution in [0.25, 0.3) is 16.9 Å². The summed E-state index contributed by atoms with van der Waals surface area (Å²) in [5, 5.41) is 0. The molecule has 3 nitrogen and oxygen atoms in total. The molecular weight excluding hydrogens is 278 g/mol. The fraction of sp³-hybridized carbons (Fsp3) is 0. The Labute approximate surface area is 107 Å². The summed E-state index contributed by atoms with van der Waals surface area (Å²) in [6.45, 7) is 0. The van der Waals surface area contributed by atoms with Crippen molar-refractivity contribution in [3.8, 4) is 11.4 Å². The fourth-order valence-electron chi connectivity index (χ4n) is 1.89. The quantitative estimate of drug-likeness (QED) is 0.746. The van der Waals surface area contributed by atoms with E-state index in [1.807, 2.05) is 47.0 Å². The predicted octanol–water partition coefficient (Wildman–Crippen LogP) is 3.35. The van der Waals surface area contributed by atoms with Crippen LogP contribution in [0.3, 0.4) is 0 Å². The number of nitrogens with two attached hydrogens (primary N) is 1. The van der Waals surface area contributed by atoms with E-state index >= 15 is 0 Å². The summed E-state index contributed by atoms with van der Waals surface area (Å²) in [5.74, 6) is 0.889. The Bertz CT molecular complexity index is 688. The van der Waals surface area contributed by atoms with E-state index in [1.165, 1.54) is 0 Å². The Balaban J connectivity index is 2.33. The number of anilines is 1. The number of aromatic nitrogens is 2. The zero-order chi connectivity index (χ0) is 11.8. The van der Waals surface area contributed by atoms with Gasteiger partial charge in [-0.1, -0.05) is 34.1 Å². The third kappa shape index (κ3) is 1.61. The molecule has 17 heavy (non-hydrogen) atoms. The van der Waals surface area contributed by atoms with Gasteiger partial charge in [0.05, 0.1) is 17.4 Å². The maximum Gasteiger partial charge on any atom is 0.145 e. The molecule has 0 unspecified atom stereocenters. The van der Waals surface area contributed by atoms with Gasteiger partial charge in [0, 0.05) is 16.2 Å². The minimum Gasteiger partial charge on any atom is -0.397 e. The van der Waals surface area contributed by atoms with Crippen LogP contribution in [0.4, 0.5) is 5.69 Å². The van der Waals surface area contributed by atoms with Gasteiger partial charge in [0.15, 0.2) is 0 Å². The molecule has 1 aromatic carbocycles. The van der Waals surface area contributed by atoms with Crippen LogP contribution in [0, 0.1) is 0 Å². The summed E-state index contributed by atoms with van der Waals surface area (Å²) < 4.78 is 3.02. The van der Waals surface area contributed by atoms with Crippen molar-refractivity contribution < 1.29 is 0 Å². The minimum atomic E-state index is 0.735. The van der Waals surface area contributed by atoms with Gasteiger partial charge >= 0.3 is 0 Å². The summed E-state index contributed by atoms with van der Waals surface area (Å²) in [6, 6.07) is 11.8. The first-order valence-electron chi connectivity index (χ1n) is 5.24. The molecule has 3 rings (SSSR count). The van der Waals surface area contributed by atoms with Crippen LogP contribution in [0.15, 0.2) is 53.3 Å². The molecule has 0 fully saturated rings. The Morgan fingerprint density at radius 2 is 1.94 bits per heavy atom. The molecular formula is C13H10BrN3. The summed E-state index contributed by atoms with van der Waals surface area (Å²) in [7, 11) is 0. The molecule has 0 spiro atoms. The maximum absolute atomic E-state index is 5.91.